The Morgan fingerprint density at radius 3 is 2.22 bits per heavy atom. The van der Waals surface area contributed by atoms with Crippen LogP contribution < -0.4 is 16.0 Å². The summed E-state index contributed by atoms with van der Waals surface area (Å²) >= 11 is 0. The largest absolute Gasteiger partial charge is 0.444 e. The molecule has 0 radical (unpaired) electrons. The van der Waals surface area contributed by atoms with Gasteiger partial charge in [-0.15, -0.1) is 0 Å². The zero-order chi connectivity index (χ0) is 17.9. The van der Waals surface area contributed by atoms with Crippen LogP contribution in [0.15, 0.2) is 4.99 Å². The third-order valence-electron chi connectivity index (χ3n) is 2.54. The highest BCUT2D eigenvalue weighted by atomic mass is 32.2. The minimum Gasteiger partial charge on any atom is -0.444 e. The van der Waals surface area contributed by atoms with Crippen LogP contribution in [0, 0.1) is 0 Å². The number of hydrogen-bond donors (Lipinski definition) is 3. The topological polar surface area (TPSA) is 109 Å². The van der Waals surface area contributed by atoms with Crippen LogP contribution in [0.4, 0.5) is 4.79 Å². The van der Waals surface area contributed by atoms with Gasteiger partial charge in [0.05, 0.1) is 12.3 Å². The fourth-order valence-corrected chi connectivity index (χ4v) is 2.10. The second kappa shape index (κ2) is 10.3. The van der Waals surface area contributed by atoms with Crippen molar-refractivity contribution in [3.63, 3.8) is 0 Å². The van der Waals surface area contributed by atoms with Crippen LogP contribution in [-0.4, -0.2) is 63.8 Å². The standard InChI is InChI=1S/C14H30N4O4S/c1-6-15-12(17-10-11-23(20,21)7-2)16-8-9-18-13(19)22-14(3,4)5/h6-11H2,1-5H3,(H,18,19)(H2,15,16,17). The lowest BCUT2D eigenvalue weighted by Crippen LogP contribution is -2.42. The molecule has 0 aliphatic rings. The van der Waals surface area contributed by atoms with E-state index in [9.17, 15) is 13.2 Å². The van der Waals surface area contributed by atoms with E-state index in [-0.39, 0.29) is 18.1 Å². The quantitative estimate of drug-likeness (QED) is 0.334. The Morgan fingerprint density at radius 1 is 1.09 bits per heavy atom. The molecule has 136 valence electrons. The fraction of sp³-hybridized carbons (Fsp3) is 0.857. The number of rotatable bonds is 8. The molecule has 0 saturated heterocycles. The predicted molar refractivity (Wildman–Crippen MR) is 92.5 cm³/mol. The van der Waals surface area contributed by atoms with Crippen molar-refractivity contribution < 1.29 is 17.9 Å². The summed E-state index contributed by atoms with van der Waals surface area (Å²) in [7, 11) is -3.02. The smallest absolute Gasteiger partial charge is 0.407 e. The van der Waals surface area contributed by atoms with Gasteiger partial charge in [-0.2, -0.15) is 0 Å². The van der Waals surface area contributed by atoms with E-state index in [1.54, 1.807) is 27.7 Å². The number of guanidine groups is 1. The molecule has 0 aromatic carbocycles. The summed E-state index contributed by atoms with van der Waals surface area (Å²) in [5, 5.41) is 8.65. The number of aliphatic imine (C=N–C) groups is 1. The number of nitrogens with one attached hydrogen (secondary N) is 3. The number of ether oxygens (including phenoxy) is 1. The number of nitrogens with zero attached hydrogens (tertiary/aromatic N) is 1. The molecule has 0 spiro atoms. The lowest BCUT2D eigenvalue weighted by Gasteiger charge is -2.19. The molecule has 0 aliphatic carbocycles. The summed E-state index contributed by atoms with van der Waals surface area (Å²) in [6.07, 6.45) is -0.477. The van der Waals surface area contributed by atoms with Crippen LogP contribution in [0.25, 0.3) is 0 Å². The Morgan fingerprint density at radius 2 is 1.70 bits per heavy atom. The number of alkyl carbamates (subject to hydrolysis) is 1. The molecule has 0 saturated carbocycles. The highest BCUT2D eigenvalue weighted by Gasteiger charge is 2.15. The fourth-order valence-electron chi connectivity index (χ4n) is 1.44. The molecule has 0 fully saturated rings. The van der Waals surface area contributed by atoms with E-state index in [0.717, 1.165) is 0 Å². The van der Waals surface area contributed by atoms with Gasteiger partial charge < -0.3 is 20.7 Å². The Bertz CT molecular complexity index is 483. The highest BCUT2D eigenvalue weighted by Crippen LogP contribution is 2.05. The number of hydrogen-bond acceptors (Lipinski definition) is 5. The Balaban J connectivity index is 4.16. The average molecular weight is 350 g/mol. The summed E-state index contributed by atoms with van der Waals surface area (Å²) in [6.45, 7) is 10.6. The van der Waals surface area contributed by atoms with Gasteiger partial charge in [-0.1, -0.05) is 6.92 Å². The van der Waals surface area contributed by atoms with Crippen LogP contribution in [0.2, 0.25) is 0 Å². The minimum absolute atomic E-state index is 0.0240. The number of sulfone groups is 1. The van der Waals surface area contributed by atoms with E-state index in [4.69, 9.17) is 4.74 Å². The van der Waals surface area contributed by atoms with E-state index in [2.05, 4.69) is 20.9 Å². The summed E-state index contributed by atoms with van der Waals surface area (Å²) in [5.41, 5.74) is -0.529. The van der Waals surface area contributed by atoms with Crippen molar-refractivity contribution in [2.45, 2.75) is 40.2 Å². The lowest BCUT2D eigenvalue weighted by molar-refractivity contribution is 0.0529. The zero-order valence-electron chi connectivity index (χ0n) is 14.7. The summed E-state index contributed by atoms with van der Waals surface area (Å²) in [5.74, 6) is 0.660. The molecule has 0 heterocycles. The van der Waals surface area contributed by atoms with Crippen LogP contribution in [0.1, 0.15) is 34.6 Å². The van der Waals surface area contributed by atoms with Crippen LogP contribution in [0.5, 0.6) is 0 Å². The SMILES string of the molecule is CCNC(=NCCS(=O)(=O)CC)NCCNC(=O)OC(C)(C)C. The van der Waals surface area contributed by atoms with Gasteiger partial charge in [0, 0.05) is 25.4 Å². The molecule has 0 rings (SSSR count). The first-order valence-corrected chi connectivity index (χ1v) is 9.61. The van der Waals surface area contributed by atoms with Crippen molar-refractivity contribution in [3.05, 3.63) is 0 Å². The van der Waals surface area contributed by atoms with Gasteiger partial charge in [0.15, 0.2) is 15.8 Å². The molecule has 23 heavy (non-hydrogen) atoms. The molecule has 1 amide bonds. The van der Waals surface area contributed by atoms with Crippen LogP contribution in [0.3, 0.4) is 0 Å². The van der Waals surface area contributed by atoms with E-state index in [1.807, 2.05) is 6.92 Å². The summed E-state index contributed by atoms with van der Waals surface area (Å²) < 4.78 is 27.9. The Hall–Kier alpha value is -1.51. The number of carbonyl (C=O) groups excluding carboxylic acids is 1. The summed E-state index contributed by atoms with van der Waals surface area (Å²) in [4.78, 5) is 15.7. The molecule has 9 heteroatoms. The van der Waals surface area contributed by atoms with Crippen molar-refractivity contribution in [2.24, 2.45) is 4.99 Å². The van der Waals surface area contributed by atoms with E-state index in [0.29, 0.717) is 25.6 Å². The van der Waals surface area contributed by atoms with E-state index < -0.39 is 21.5 Å². The first-order chi connectivity index (χ1) is 10.6. The van der Waals surface area contributed by atoms with Crippen molar-refractivity contribution in [1.29, 1.82) is 0 Å². The molecule has 0 aromatic rings. The lowest BCUT2D eigenvalue weighted by atomic mass is 10.2. The maximum Gasteiger partial charge on any atom is 0.407 e. The van der Waals surface area contributed by atoms with Crippen molar-refractivity contribution in [2.75, 3.05) is 37.7 Å². The van der Waals surface area contributed by atoms with E-state index in [1.165, 1.54) is 0 Å². The Labute approximate surface area is 139 Å². The first kappa shape index (κ1) is 21.5. The zero-order valence-corrected chi connectivity index (χ0v) is 15.5. The summed E-state index contributed by atoms with van der Waals surface area (Å²) in [6, 6.07) is 0. The van der Waals surface area contributed by atoms with Crippen molar-refractivity contribution >= 4 is 21.9 Å². The maximum absolute atomic E-state index is 11.5. The van der Waals surface area contributed by atoms with Crippen molar-refractivity contribution in [1.82, 2.24) is 16.0 Å². The monoisotopic (exact) mass is 350 g/mol. The molecular weight excluding hydrogens is 320 g/mol. The molecule has 0 aliphatic heterocycles. The van der Waals surface area contributed by atoms with Gasteiger partial charge in [-0.25, -0.2) is 13.2 Å². The van der Waals surface area contributed by atoms with Gasteiger partial charge >= 0.3 is 6.09 Å². The average Bonchev–Trinajstić information content (AvgIpc) is 2.41. The third-order valence-corrected chi connectivity index (χ3v) is 4.23. The van der Waals surface area contributed by atoms with Gasteiger partial charge in [-0.05, 0) is 27.7 Å². The van der Waals surface area contributed by atoms with Gasteiger partial charge in [0.25, 0.3) is 0 Å². The minimum atomic E-state index is -3.02. The molecule has 8 nitrogen and oxygen atoms in total. The van der Waals surface area contributed by atoms with E-state index >= 15 is 0 Å². The molecule has 0 atom stereocenters. The molecule has 0 aromatic heterocycles. The second-order valence-electron chi connectivity index (χ2n) is 5.85. The normalized spacial score (nSPS) is 12.7. The van der Waals surface area contributed by atoms with Gasteiger partial charge in [0.1, 0.15) is 5.60 Å². The molecule has 0 unspecified atom stereocenters. The Kier molecular flexibility index (Phi) is 9.62. The molecule has 3 N–H and O–H groups in total. The van der Waals surface area contributed by atoms with Crippen molar-refractivity contribution in [3.8, 4) is 0 Å². The number of amides is 1. The first-order valence-electron chi connectivity index (χ1n) is 7.79. The highest BCUT2D eigenvalue weighted by molar-refractivity contribution is 7.91. The predicted octanol–water partition coefficient (Wildman–Crippen LogP) is 0.501. The second-order valence-corrected chi connectivity index (χ2v) is 8.33. The molecule has 0 bridgehead atoms. The van der Waals surface area contributed by atoms with Gasteiger partial charge in [0.2, 0.25) is 0 Å². The third kappa shape index (κ3) is 12.7. The maximum atomic E-state index is 11.5. The van der Waals surface area contributed by atoms with Crippen LogP contribution >= 0.6 is 0 Å². The number of carbonyl (C=O) groups is 1. The molecular formula is C14H30N4O4S. The van der Waals surface area contributed by atoms with Gasteiger partial charge in [-0.3, -0.25) is 4.99 Å². The van der Waals surface area contributed by atoms with Crippen LogP contribution in [-0.2, 0) is 14.6 Å².